The van der Waals surface area contributed by atoms with Gasteiger partial charge in [0.2, 0.25) is 0 Å². The molecule has 2 rings (SSSR count). The Hall–Kier alpha value is -2.42. The normalized spacial score (nSPS) is 21.3. The summed E-state index contributed by atoms with van der Waals surface area (Å²) in [6.45, 7) is 12.1. The maximum atomic E-state index is 9.64. The molecule has 3 N–H and O–H groups in total. The van der Waals surface area contributed by atoms with Gasteiger partial charge < -0.3 is 15.7 Å². The van der Waals surface area contributed by atoms with E-state index in [9.17, 15) is 5.11 Å². The number of dihydropyridines is 1. The SMILES string of the molecule is C=C(C)/C=C\C1=C(CC)C(N/C(C=CC/C(O)=C\C)=C/C)=C2CCCC2N1. The Morgan fingerprint density at radius 3 is 2.70 bits per heavy atom. The molecule has 0 radical (unpaired) electrons. The molecule has 0 spiro atoms. The van der Waals surface area contributed by atoms with Crippen LogP contribution in [0.2, 0.25) is 0 Å². The van der Waals surface area contributed by atoms with E-state index in [1.165, 1.54) is 35.4 Å². The van der Waals surface area contributed by atoms with Gasteiger partial charge in [-0.15, -0.1) is 0 Å². The van der Waals surface area contributed by atoms with Crippen molar-refractivity contribution in [3.63, 3.8) is 0 Å². The van der Waals surface area contributed by atoms with Crippen molar-refractivity contribution in [1.82, 2.24) is 10.6 Å². The molecule has 1 fully saturated rings. The predicted molar refractivity (Wildman–Crippen MR) is 116 cm³/mol. The summed E-state index contributed by atoms with van der Waals surface area (Å²) in [5.41, 5.74) is 7.39. The highest BCUT2D eigenvalue weighted by Crippen LogP contribution is 2.36. The van der Waals surface area contributed by atoms with Crippen LogP contribution in [0.3, 0.4) is 0 Å². The summed E-state index contributed by atoms with van der Waals surface area (Å²) < 4.78 is 0. The Balaban J connectivity index is 2.33. The van der Waals surface area contributed by atoms with Crippen LogP contribution in [0.15, 0.2) is 82.6 Å². The van der Waals surface area contributed by atoms with Gasteiger partial charge in [0.25, 0.3) is 0 Å². The summed E-state index contributed by atoms with van der Waals surface area (Å²) in [5.74, 6) is 0.391. The number of nitrogens with one attached hydrogen (secondary N) is 2. The van der Waals surface area contributed by atoms with Crippen LogP contribution in [0.4, 0.5) is 0 Å². The standard InChI is InChI=1S/C24H34N2O/c1-6-18(11-9-12-19(27)7-2)25-24-20(8-3)23(16-15-17(4)5)26-22-14-10-13-21(22)24/h6-7,9,11,15-16,22,25-27H,4,8,10,12-14H2,1-3,5H3/b11-9?,16-15-,18-6+,19-7+. The number of hydrogen-bond donors (Lipinski definition) is 3. The highest BCUT2D eigenvalue weighted by Gasteiger charge is 2.30. The second-order valence-corrected chi connectivity index (χ2v) is 7.17. The number of aliphatic hydroxyl groups excluding tert-OH is 1. The molecule has 0 aromatic rings. The molecule has 27 heavy (non-hydrogen) atoms. The average molecular weight is 367 g/mol. The lowest BCUT2D eigenvalue weighted by Gasteiger charge is -2.30. The van der Waals surface area contributed by atoms with E-state index in [0.29, 0.717) is 18.2 Å². The van der Waals surface area contributed by atoms with Crippen molar-refractivity contribution in [3.8, 4) is 0 Å². The molecule has 3 heteroatoms. The molecule has 3 nitrogen and oxygen atoms in total. The van der Waals surface area contributed by atoms with E-state index in [0.717, 1.165) is 24.1 Å². The van der Waals surface area contributed by atoms with E-state index in [4.69, 9.17) is 0 Å². The molecule has 0 aromatic carbocycles. The van der Waals surface area contributed by atoms with Gasteiger partial charge >= 0.3 is 0 Å². The van der Waals surface area contributed by atoms with Gasteiger partial charge in [-0.3, -0.25) is 0 Å². The summed E-state index contributed by atoms with van der Waals surface area (Å²) >= 11 is 0. The Labute approximate surface area is 164 Å². The molecule has 1 aliphatic carbocycles. The largest absolute Gasteiger partial charge is 0.512 e. The quantitative estimate of drug-likeness (QED) is 0.359. The van der Waals surface area contributed by atoms with Gasteiger partial charge in [0, 0.05) is 29.6 Å². The smallest absolute Gasteiger partial charge is 0.0917 e. The number of aliphatic hydroxyl groups is 1. The van der Waals surface area contributed by atoms with Gasteiger partial charge in [-0.1, -0.05) is 37.3 Å². The third-order valence-electron chi connectivity index (χ3n) is 5.06. The van der Waals surface area contributed by atoms with Crippen LogP contribution in [-0.4, -0.2) is 11.1 Å². The van der Waals surface area contributed by atoms with Crippen LogP contribution < -0.4 is 10.6 Å². The van der Waals surface area contributed by atoms with E-state index in [1.807, 2.05) is 26.8 Å². The molecule has 1 aliphatic heterocycles. The van der Waals surface area contributed by atoms with Gasteiger partial charge in [-0.05, 0) is 75.8 Å². The van der Waals surface area contributed by atoms with Crippen molar-refractivity contribution in [2.75, 3.05) is 0 Å². The van der Waals surface area contributed by atoms with Crippen LogP contribution >= 0.6 is 0 Å². The first-order valence-electron chi connectivity index (χ1n) is 10.0. The van der Waals surface area contributed by atoms with E-state index in [1.54, 1.807) is 6.08 Å². The molecule has 2 aliphatic rings. The molecule has 146 valence electrons. The van der Waals surface area contributed by atoms with Crippen LogP contribution in [0.5, 0.6) is 0 Å². The first-order valence-corrected chi connectivity index (χ1v) is 10.0. The van der Waals surface area contributed by atoms with Gasteiger partial charge in [0.1, 0.15) is 0 Å². The zero-order chi connectivity index (χ0) is 19.8. The van der Waals surface area contributed by atoms with E-state index < -0.39 is 0 Å². The van der Waals surface area contributed by atoms with Crippen molar-refractivity contribution in [2.45, 2.75) is 65.8 Å². The molecule has 0 amide bonds. The second-order valence-electron chi connectivity index (χ2n) is 7.17. The van der Waals surface area contributed by atoms with Crippen molar-refractivity contribution < 1.29 is 5.11 Å². The first kappa shape index (κ1) is 20.9. The summed E-state index contributed by atoms with van der Waals surface area (Å²) in [5, 5.41) is 17.1. The summed E-state index contributed by atoms with van der Waals surface area (Å²) in [6, 6.07) is 0.418. The zero-order valence-corrected chi connectivity index (χ0v) is 17.2. The molecule has 1 unspecified atom stereocenters. The molecular weight excluding hydrogens is 332 g/mol. The highest BCUT2D eigenvalue weighted by molar-refractivity contribution is 5.50. The summed E-state index contributed by atoms with van der Waals surface area (Å²) in [7, 11) is 0. The van der Waals surface area contributed by atoms with E-state index in [2.05, 4.69) is 48.4 Å². The predicted octanol–water partition coefficient (Wildman–Crippen LogP) is 6.09. The molecule has 1 heterocycles. The molecule has 0 saturated heterocycles. The lowest BCUT2D eigenvalue weighted by atomic mass is 9.93. The minimum atomic E-state index is 0.391. The maximum absolute atomic E-state index is 9.64. The summed E-state index contributed by atoms with van der Waals surface area (Å²) in [6.07, 6.45) is 17.1. The van der Waals surface area contributed by atoms with Crippen LogP contribution in [-0.2, 0) is 0 Å². The minimum absolute atomic E-state index is 0.391. The molecule has 1 atom stereocenters. The fourth-order valence-electron chi connectivity index (χ4n) is 3.58. The lowest BCUT2D eigenvalue weighted by molar-refractivity contribution is 0.400. The number of allylic oxidation sites excluding steroid dienone is 8. The first-order chi connectivity index (χ1) is 13.0. The fourth-order valence-corrected chi connectivity index (χ4v) is 3.58. The number of hydrogen-bond acceptors (Lipinski definition) is 3. The topological polar surface area (TPSA) is 44.3 Å². The lowest BCUT2D eigenvalue weighted by Crippen LogP contribution is -2.35. The van der Waals surface area contributed by atoms with E-state index >= 15 is 0 Å². The third kappa shape index (κ3) is 5.53. The highest BCUT2D eigenvalue weighted by atomic mass is 16.3. The summed E-state index contributed by atoms with van der Waals surface area (Å²) in [4.78, 5) is 0. The molecule has 0 bridgehead atoms. The third-order valence-corrected chi connectivity index (χ3v) is 5.06. The van der Waals surface area contributed by atoms with Gasteiger partial charge in [0.05, 0.1) is 5.76 Å². The molecule has 1 saturated carbocycles. The van der Waals surface area contributed by atoms with Crippen molar-refractivity contribution in [1.29, 1.82) is 0 Å². The van der Waals surface area contributed by atoms with Gasteiger partial charge in [0.15, 0.2) is 0 Å². The van der Waals surface area contributed by atoms with Gasteiger partial charge in [-0.2, -0.15) is 0 Å². The van der Waals surface area contributed by atoms with Crippen molar-refractivity contribution in [2.24, 2.45) is 0 Å². The Bertz CT molecular complexity index is 744. The van der Waals surface area contributed by atoms with Crippen molar-refractivity contribution in [3.05, 3.63) is 82.6 Å². The Morgan fingerprint density at radius 1 is 1.30 bits per heavy atom. The molecular formula is C24H34N2O. The second kappa shape index (κ2) is 10.1. The average Bonchev–Trinajstić information content (AvgIpc) is 3.13. The van der Waals surface area contributed by atoms with Crippen LogP contribution in [0.25, 0.3) is 0 Å². The number of fused-ring (bicyclic) bond motifs is 1. The number of rotatable bonds is 8. The monoisotopic (exact) mass is 366 g/mol. The Morgan fingerprint density at radius 2 is 2.07 bits per heavy atom. The zero-order valence-electron chi connectivity index (χ0n) is 17.2. The Kier molecular flexibility index (Phi) is 7.78. The maximum Gasteiger partial charge on any atom is 0.0917 e. The van der Waals surface area contributed by atoms with Gasteiger partial charge in [-0.25, -0.2) is 0 Å². The minimum Gasteiger partial charge on any atom is -0.512 e. The molecule has 0 aromatic heterocycles. The fraction of sp³-hybridized carbons (Fsp3) is 0.417. The van der Waals surface area contributed by atoms with Crippen LogP contribution in [0, 0.1) is 0 Å². The van der Waals surface area contributed by atoms with Crippen LogP contribution in [0.1, 0.15) is 59.8 Å². The van der Waals surface area contributed by atoms with Crippen molar-refractivity contribution >= 4 is 0 Å². The van der Waals surface area contributed by atoms with E-state index in [-0.39, 0.29) is 0 Å².